The topological polar surface area (TPSA) is 56.9 Å². The lowest BCUT2D eigenvalue weighted by atomic mass is 10.2. The molecule has 16 heavy (non-hydrogen) atoms. The lowest BCUT2D eigenvalue weighted by Crippen LogP contribution is -2.41. The van der Waals surface area contributed by atoms with Crippen LogP contribution >= 0.6 is 11.8 Å². The van der Waals surface area contributed by atoms with Gasteiger partial charge < -0.3 is 15.6 Å². The van der Waals surface area contributed by atoms with Crippen LogP contribution < -0.4 is 10.6 Å². The highest BCUT2D eigenvalue weighted by Crippen LogP contribution is 2.10. The van der Waals surface area contributed by atoms with Gasteiger partial charge in [-0.1, -0.05) is 0 Å². The van der Waals surface area contributed by atoms with Crippen molar-refractivity contribution >= 4 is 17.7 Å². The minimum Gasteiger partial charge on any atom is -0.367 e. The average molecular weight is 239 g/mol. The van der Waals surface area contributed by atoms with Crippen molar-refractivity contribution < 1.29 is 4.79 Å². The number of carbonyl (C=O) groups excluding carboxylic acids is 1. The molecule has 2 heterocycles. The van der Waals surface area contributed by atoms with Gasteiger partial charge in [0.2, 0.25) is 5.91 Å². The van der Waals surface area contributed by atoms with Gasteiger partial charge in [-0.25, -0.2) is 0 Å². The number of H-pyrrole nitrogens is 1. The summed E-state index contributed by atoms with van der Waals surface area (Å²) in [5, 5.41) is 6.28. The van der Waals surface area contributed by atoms with Crippen LogP contribution in [0.15, 0.2) is 18.5 Å². The lowest BCUT2D eigenvalue weighted by Gasteiger charge is -2.22. The van der Waals surface area contributed by atoms with Crippen molar-refractivity contribution in [2.24, 2.45) is 0 Å². The van der Waals surface area contributed by atoms with Gasteiger partial charge >= 0.3 is 0 Å². The van der Waals surface area contributed by atoms with E-state index in [1.54, 1.807) is 0 Å². The molecule has 1 aliphatic rings. The zero-order valence-corrected chi connectivity index (χ0v) is 9.98. The maximum atomic E-state index is 11.6. The fraction of sp³-hybridized carbons (Fsp3) is 0.545. The van der Waals surface area contributed by atoms with Gasteiger partial charge in [0.15, 0.2) is 0 Å². The SMILES string of the molecule is O=C(CC1CSCCN1)NCc1cc[nH]c1. The van der Waals surface area contributed by atoms with E-state index in [-0.39, 0.29) is 5.91 Å². The Balaban J connectivity index is 1.67. The monoisotopic (exact) mass is 239 g/mol. The molecule has 1 saturated heterocycles. The summed E-state index contributed by atoms with van der Waals surface area (Å²) in [5.41, 5.74) is 1.11. The van der Waals surface area contributed by atoms with E-state index in [1.165, 1.54) is 0 Å². The van der Waals surface area contributed by atoms with Gasteiger partial charge in [0.05, 0.1) is 0 Å². The largest absolute Gasteiger partial charge is 0.367 e. The first-order valence-corrected chi connectivity index (χ1v) is 6.69. The first kappa shape index (κ1) is 11.5. The van der Waals surface area contributed by atoms with Gasteiger partial charge in [-0.15, -0.1) is 0 Å². The minimum absolute atomic E-state index is 0.126. The average Bonchev–Trinajstić information content (AvgIpc) is 2.81. The predicted octanol–water partition coefficient (Wildman–Crippen LogP) is 0.726. The van der Waals surface area contributed by atoms with Gasteiger partial charge in [0.25, 0.3) is 0 Å². The Morgan fingerprint density at radius 3 is 3.25 bits per heavy atom. The van der Waals surface area contributed by atoms with Crippen LogP contribution in [0.4, 0.5) is 0 Å². The smallest absolute Gasteiger partial charge is 0.221 e. The molecule has 1 aliphatic heterocycles. The van der Waals surface area contributed by atoms with Crippen LogP contribution in [0.25, 0.3) is 0 Å². The van der Waals surface area contributed by atoms with Crippen LogP contribution in [0.5, 0.6) is 0 Å². The van der Waals surface area contributed by atoms with Crippen LogP contribution in [0, 0.1) is 0 Å². The molecule has 2 rings (SSSR count). The van der Waals surface area contributed by atoms with E-state index in [0.29, 0.717) is 19.0 Å². The molecule has 1 aromatic heterocycles. The summed E-state index contributed by atoms with van der Waals surface area (Å²) in [5.74, 6) is 2.32. The second kappa shape index (κ2) is 5.96. The molecule has 5 heteroatoms. The minimum atomic E-state index is 0.126. The second-order valence-corrected chi connectivity index (χ2v) is 5.08. The van der Waals surface area contributed by atoms with E-state index in [9.17, 15) is 4.79 Å². The number of thioether (sulfide) groups is 1. The highest BCUT2D eigenvalue weighted by Gasteiger charge is 2.16. The first-order valence-electron chi connectivity index (χ1n) is 5.54. The summed E-state index contributed by atoms with van der Waals surface area (Å²) in [6.45, 7) is 1.63. The molecule has 0 radical (unpaired) electrons. The van der Waals surface area contributed by atoms with E-state index >= 15 is 0 Å². The summed E-state index contributed by atoms with van der Waals surface area (Å²) < 4.78 is 0. The molecule has 1 aromatic rings. The number of carbonyl (C=O) groups is 1. The third-order valence-corrected chi connectivity index (χ3v) is 3.71. The molecule has 0 aliphatic carbocycles. The summed E-state index contributed by atoms with van der Waals surface area (Å²) in [4.78, 5) is 14.6. The van der Waals surface area contributed by atoms with Gasteiger partial charge in [-0.2, -0.15) is 11.8 Å². The number of nitrogens with one attached hydrogen (secondary N) is 3. The Labute approximate surface area is 99.6 Å². The van der Waals surface area contributed by atoms with E-state index < -0.39 is 0 Å². The number of hydrogen-bond acceptors (Lipinski definition) is 3. The van der Waals surface area contributed by atoms with Crippen molar-refractivity contribution in [3.05, 3.63) is 24.0 Å². The summed E-state index contributed by atoms with van der Waals surface area (Å²) in [6, 6.07) is 2.31. The fourth-order valence-electron chi connectivity index (χ4n) is 1.72. The number of hydrogen-bond donors (Lipinski definition) is 3. The second-order valence-electron chi connectivity index (χ2n) is 3.93. The Hall–Kier alpha value is -0.940. The molecule has 88 valence electrons. The molecular weight excluding hydrogens is 222 g/mol. The zero-order valence-electron chi connectivity index (χ0n) is 9.16. The third-order valence-electron chi connectivity index (χ3n) is 2.58. The molecule has 1 amide bonds. The highest BCUT2D eigenvalue weighted by atomic mass is 32.2. The van der Waals surface area contributed by atoms with Crippen molar-refractivity contribution in [3.63, 3.8) is 0 Å². The van der Waals surface area contributed by atoms with Crippen molar-refractivity contribution in [2.45, 2.75) is 19.0 Å². The Morgan fingerprint density at radius 1 is 1.62 bits per heavy atom. The zero-order chi connectivity index (χ0) is 11.2. The van der Waals surface area contributed by atoms with Crippen LogP contribution in [0.2, 0.25) is 0 Å². The third kappa shape index (κ3) is 3.57. The predicted molar refractivity (Wildman–Crippen MR) is 66.4 cm³/mol. The molecule has 1 atom stereocenters. The van der Waals surface area contributed by atoms with Crippen molar-refractivity contribution in [1.82, 2.24) is 15.6 Å². The molecule has 0 saturated carbocycles. The Kier molecular flexibility index (Phi) is 4.30. The van der Waals surface area contributed by atoms with Gasteiger partial charge in [-0.05, 0) is 11.6 Å². The lowest BCUT2D eigenvalue weighted by molar-refractivity contribution is -0.121. The molecular formula is C11H17N3OS. The van der Waals surface area contributed by atoms with Crippen LogP contribution in [-0.2, 0) is 11.3 Å². The Morgan fingerprint density at radius 2 is 2.56 bits per heavy atom. The molecule has 0 spiro atoms. The standard InChI is InChI=1S/C11H17N3OS/c15-11(5-10-8-16-4-3-13-10)14-7-9-1-2-12-6-9/h1-2,6,10,12-13H,3-5,7-8H2,(H,14,15). The molecule has 1 unspecified atom stereocenters. The van der Waals surface area contributed by atoms with Crippen LogP contribution in [-0.4, -0.2) is 35.0 Å². The van der Waals surface area contributed by atoms with Crippen molar-refractivity contribution in [1.29, 1.82) is 0 Å². The summed E-state index contributed by atoms with van der Waals surface area (Å²) in [6.07, 6.45) is 4.34. The quantitative estimate of drug-likeness (QED) is 0.726. The van der Waals surface area contributed by atoms with Crippen LogP contribution in [0.1, 0.15) is 12.0 Å². The van der Waals surface area contributed by atoms with E-state index in [2.05, 4.69) is 15.6 Å². The van der Waals surface area contributed by atoms with Gasteiger partial charge in [0, 0.05) is 49.5 Å². The van der Waals surface area contributed by atoms with E-state index in [1.807, 2.05) is 30.2 Å². The Bertz CT molecular complexity index is 320. The first-order chi connectivity index (χ1) is 7.84. The van der Waals surface area contributed by atoms with Crippen LogP contribution in [0.3, 0.4) is 0 Å². The van der Waals surface area contributed by atoms with Crippen molar-refractivity contribution in [3.8, 4) is 0 Å². The van der Waals surface area contributed by atoms with Crippen molar-refractivity contribution in [2.75, 3.05) is 18.1 Å². The molecule has 0 aromatic carbocycles. The maximum Gasteiger partial charge on any atom is 0.221 e. The van der Waals surface area contributed by atoms with E-state index in [4.69, 9.17) is 0 Å². The van der Waals surface area contributed by atoms with E-state index in [0.717, 1.165) is 23.6 Å². The molecule has 1 fully saturated rings. The summed E-state index contributed by atoms with van der Waals surface area (Å²) >= 11 is 1.91. The number of rotatable bonds is 4. The fourth-order valence-corrected chi connectivity index (χ4v) is 2.66. The highest BCUT2D eigenvalue weighted by molar-refractivity contribution is 7.99. The normalized spacial score (nSPS) is 20.6. The number of aromatic amines is 1. The maximum absolute atomic E-state index is 11.6. The van der Waals surface area contributed by atoms with Gasteiger partial charge in [-0.3, -0.25) is 4.79 Å². The molecule has 4 nitrogen and oxygen atoms in total. The number of amides is 1. The summed E-state index contributed by atoms with van der Waals surface area (Å²) in [7, 11) is 0. The van der Waals surface area contributed by atoms with Gasteiger partial charge in [0.1, 0.15) is 0 Å². The molecule has 3 N–H and O–H groups in total. The number of aromatic nitrogens is 1. The molecule has 0 bridgehead atoms.